The van der Waals surface area contributed by atoms with Gasteiger partial charge in [-0.1, -0.05) is 18.7 Å². The van der Waals surface area contributed by atoms with E-state index in [-0.39, 0.29) is 29.5 Å². The number of Topliss-reactive ketones (excluding diaryl/α,β-unsaturated/α-hetero) is 1. The molecule has 3 aromatic rings. The smallest absolute Gasteiger partial charge is 0.270 e. The Kier molecular flexibility index (Phi) is 9.09. The fraction of sp³-hybridized carbons (Fsp3) is 0.364. The van der Waals surface area contributed by atoms with Crippen LogP contribution in [0.5, 0.6) is 5.75 Å². The van der Waals surface area contributed by atoms with Crippen LogP contribution in [0.25, 0.3) is 5.70 Å². The number of benzene rings is 2. The Morgan fingerprint density at radius 1 is 0.927 bits per heavy atom. The summed E-state index contributed by atoms with van der Waals surface area (Å²) in [6, 6.07) is 17.7. The Bertz CT molecular complexity index is 1340. The number of piperidine rings is 2. The van der Waals surface area contributed by atoms with Gasteiger partial charge in [0.1, 0.15) is 17.3 Å². The van der Waals surface area contributed by atoms with Gasteiger partial charge in [0.05, 0.1) is 7.11 Å². The molecule has 2 aliphatic heterocycles. The lowest BCUT2D eigenvalue weighted by Crippen LogP contribution is -2.44. The van der Waals surface area contributed by atoms with Gasteiger partial charge in [-0.3, -0.25) is 19.5 Å². The Labute approximate surface area is 241 Å². The number of rotatable bonds is 9. The summed E-state index contributed by atoms with van der Waals surface area (Å²) in [5.41, 5.74) is 3.90. The second kappa shape index (κ2) is 13.1. The summed E-state index contributed by atoms with van der Waals surface area (Å²) in [5, 5.41) is 3.15. The van der Waals surface area contributed by atoms with Crippen molar-refractivity contribution in [3.05, 3.63) is 102 Å². The van der Waals surface area contributed by atoms with Gasteiger partial charge in [0, 0.05) is 67.7 Å². The largest absolute Gasteiger partial charge is 0.497 e. The van der Waals surface area contributed by atoms with Gasteiger partial charge in [0.2, 0.25) is 0 Å². The first-order valence-corrected chi connectivity index (χ1v) is 14.3. The van der Waals surface area contributed by atoms with E-state index in [4.69, 9.17) is 4.74 Å². The average Bonchev–Trinajstić information content (AvgIpc) is 3.02. The van der Waals surface area contributed by atoms with E-state index in [1.54, 1.807) is 31.5 Å². The molecule has 0 radical (unpaired) electrons. The standard InChI is InChI=1S/C33H37FN4O3/c1-23(38-19-13-26(14-20-38)32(39)25-5-8-28(34)9-6-25)27-7-12-31(35-21-27)33(40)36-29-15-17-37(18-16-29)22-24-3-10-30(41-2)11-4-24/h3-12,21,26,29H,1,13-20,22H2,2H3,(H,36,40). The maximum atomic E-state index is 13.2. The topological polar surface area (TPSA) is 74.8 Å². The lowest BCUT2D eigenvalue weighted by Gasteiger charge is -2.34. The molecular weight excluding hydrogens is 519 g/mol. The highest BCUT2D eigenvalue weighted by molar-refractivity contribution is 5.98. The molecule has 2 saturated heterocycles. The molecule has 0 atom stereocenters. The van der Waals surface area contributed by atoms with Crippen LogP contribution in [0.1, 0.15) is 57.7 Å². The number of nitrogens with one attached hydrogen (secondary N) is 1. The quantitative estimate of drug-likeness (QED) is 0.366. The molecule has 1 amide bonds. The molecule has 1 aromatic heterocycles. The zero-order valence-corrected chi connectivity index (χ0v) is 23.5. The van der Waals surface area contributed by atoms with Crippen molar-refractivity contribution in [1.29, 1.82) is 0 Å². The first-order valence-electron chi connectivity index (χ1n) is 14.3. The number of amides is 1. The van der Waals surface area contributed by atoms with E-state index in [0.29, 0.717) is 37.2 Å². The number of hydrogen-bond acceptors (Lipinski definition) is 6. The fourth-order valence-electron chi connectivity index (χ4n) is 5.63. The van der Waals surface area contributed by atoms with Crippen molar-refractivity contribution < 1.29 is 18.7 Å². The molecule has 8 heteroatoms. The second-order valence-corrected chi connectivity index (χ2v) is 10.9. The van der Waals surface area contributed by atoms with Crippen LogP contribution in [0, 0.1) is 11.7 Å². The molecule has 2 aromatic carbocycles. The van der Waals surface area contributed by atoms with E-state index < -0.39 is 0 Å². The maximum absolute atomic E-state index is 13.2. The van der Waals surface area contributed by atoms with E-state index in [0.717, 1.165) is 49.5 Å². The molecule has 0 aliphatic carbocycles. The number of halogens is 1. The Morgan fingerprint density at radius 3 is 2.20 bits per heavy atom. The van der Waals surface area contributed by atoms with Crippen LogP contribution in [-0.4, -0.2) is 65.8 Å². The molecule has 3 heterocycles. The van der Waals surface area contributed by atoms with E-state index >= 15 is 0 Å². The number of carbonyl (C=O) groups excluding carboxylic acids is 2. The number of ether oxygens (including phenoxy) is 1. The minimum absolute atomic E-state index is 0.0650. The molecule has 5 rings (SSSR count). The first-order chi connectivity index (χ1) is 19.9. The van der Waals surface area contributed by atoms with Gasteiger partial charge in [-0.15, -0.1) is 0 Å². The SMILES string of the molecule is C=C(c1ccc(C(=O)NC2CCN(Cc3ccc(OC)cc3)CC2)nc1)N1CCC(C(=O)c2ccc(F)cc2)CC1. The molecule has 7 nitrogen and oxygen atoms in total. The number of ketones is 1. The van der Waals surface area contributed by atoms with Crippen molar-refractivity contribution >= 4 is 17.4 Å². The predicted molar refractivity (Wildman–Crippen MR) is 157 cm³/mol. The third-order valence-corrected chi connectivity index (χ3v) is 8.19. The van der Waals surface area contributed by atoms with E-state index in [1.165, 1.54) is 17.7 Å². The van der Waals surface area contributed by atoms with Gasteiger partial charge in [-0.05, 0) is 79.8 Å². The molecule has 41 heavy (non-hydrogen) atoms. The molecule has 214 valence electrons. The molecule has 0 spiro atoms. The Balaban J connectivity index is 1.06. The van der Waals surface area contributed by atoms with Crippen molar-refractivity contribution in [1.82, 2.24) is 20.1 Å². The number of pyridine rings is 1. The lowest BCUT2D eigenvalue weighted by molar-refractivity contribution is 0.0868. The highest BCUT2D eigenvalue weighted by Crippen LogP contribution is 2.27. The van der Waals surface area contributed by atoms with Gasteiger partial charge < -0.3 is 15.0 Å². The van der Waals surface area contributed by atoms with Crippen molar-refractivity contribution in [3.63, 3.8) is 0 Å². The molecule has 0 saturated carbocycles. The van der Waals surface area contributed by atoms with Crippen molar-refractivity contribution in [2.24, 2.45) is 5.92 Å². The normalized spacial score (nSPS) is 16.8. The molecule has 2 fully saturated rings. The number of nitrogens with zero attached hydrogens (tertiary/aromatic N) is 3. The number of hydrogen-bond donors (Lipinski definition) is 1. The third kappa shape index (κ3) is 7.19. The number of aromatic nitrogens is 1. The number of likely N-dealkylation sites (tertiary alicyclic amines) is 2. The summed E-state index contributed by atoms with van der Waals surface area (Å²) >= 11 is 0. The Hall–Kier alpha value is -4.04. The van der Waals surface area contributed by atoms with Crippen LogP contribution in [0.15, 0.2) is 73.4 Å². The molecule has 1 N–H and O–H groups in total. The summed E-state index contributed by atoms with van der Waals surface area (Å²) in [6.07, 6.45) is 4.92. The summed E-state index contributed by atoms with van der Waals surface area (Å²) in [6.45, 7) is 8.40. The first kappa shape index (κ1) is 28.5. The third-order valence-electron chi connectivity index (χ3n) is 8.19. The van der Waals surface area contributed by atoms with E-state index in [9.17, 15) is 14.0 Å². The molecular formula is C33H37FN4O3. The fourth-order valence-corrected chi connectivity index (χ4v) is 5.63. The highest BCUT2D eigenvalue weighted by Gasteiger charge is 2.27. The van der Waals surface area contributed by atoms with Crippen molar-refractivity contribution in [3.8, 4) is 5.75 Å². The number of carbonyl (C=O) groups is 2. The maximum Gasteiger partial charge on any atom is 0.270 e. The minimum atomic E-state index is -0.341. The minimum Gasteiger partial charge on any atom is -0.497 e. The van der Waals surface area contributed by atoms with Gasteiger partial charge in [0.15, 0.2) is 5.78 Å². The van der Waals surface area contributed by atoms with Crippen LogP contribution in [-0.2, 0) is 6.54 Å². The van der Waals surface area contributed by atoms with Crippen LogP contribution in [0.4, 0.5) is 4.39 Å². The molecule has 2 aliphatic rings. The number of methoxy groups -OCH3 is 1. The monoisotopic (exact) mass is 556 g/mol. The molecule has 0 bridgehead atoms. The Morgan fingerprint density at radius 2 is 1.59 bits per heavy atom. The van der Waals surface area contributed by atoms with Crippen LogP contribution in [0.3, 0.4) is 0 Å². The average molecular weight is 557 g/mol. The zero-order valence-electron chi connectivity index (χ0n) is 23.5. The predicted octanol–water partition coefficient (Wildman–Crippen LogP) is 5.19. The summed E-state index contributed by atoms with van der Waals surface area (Å²) in [7, 11) is 1.67. The van der Waals surface area contributed by atoms with Gasteiger partial charge >= 0.3 is 0 Å². The van der Waals surface area contributed by atoms with Crippen molar-refractivity contribution in [2.75, 3.05) is 33.3 Å². The summed E-state index contributed by atoms with van der Waals surface area (Å²) in [4.78, 5) is 34.7. The van der Waals surface area contributed by atoms with Crippen molar-refractivity contribution in [2.45, 2.75) is 38.3 Å². The second-order valence-electron chi connectivity index (χ2n) is 10.9. The van der Waals surface area contributed by atoms with Gasteiger partial charge in [0.25, 0.3) is 5.91 Å². The molecule has 0 unspecified atom stereocenters. The van der Waals surface area contributed by atoms with E-state index in [2.05, 4.69) is 38.8 Å². The summed E-state index contributed by atoms with van der Waals surface area (Å²) in [5.74, 6) is 0.347. The van der Waals surface area contributed by atoms with Crippen LogP contribution < -0.4 is 10.1 Å². The van der Waals surface area contributed by atoms with E-state index in [1.807, 2.05) is 18.2 Å². The van der Waals surface area contributed by atoms with Crippen LogP contribution >= 0.6 is 0 Å². The van der Waals surface area contributed by atoms with Crippen LogP contribution in [0.2, 0.25) is 0 Å². The van der Waals surface area contributed by atoms with Gasteiger partial charge in [-0.2, -0.15) is 0 Å². The zero-order chi connectivity index (χ0) is 28.8. The highest BCUT2D eigenvalue weighted by atomic mass is 19.1. The summed E-state index contributed by atoms with van der Waals surface area (Å²) < 4.78 is 18.4. The lowest BCUT2D eigenvalue weighted by atomic mass is 9.88. The van der Waals surface area contributed by atoms with Gasteiger partial charge in [-0.25, -0.2) is 4.39 Å².